The zero-order valence-corrected chi connectivity index (χ0v) is 19.1. The van der Waals surface area contributed by atoms with Gasteiger partial charge in [0.2, 0.25) is 5.95 Å². The molecule has 3 heterocycles. The van der Waals surface area contributed by atoms with Crippen molar-refractivity contribution < 1.29 is 9.47 Å². The molecule has 3 unspecified atom stereocenters. The third-order valence-electron chi connectivity index (χ3n) is 4.40. The minimum Gasteiger partial charge on any atom is -0.383 e. The fourth-order valence-corrected chi connectivity index (χ4v) is 3.87. The van der Waals surface area contributed by atoms with Gasteiger partial charge in [-0.1, -0.05) is 11.6 Å². The molecular weight excluding hydrogens is 428 g/mol. The molecule has 3 aromatic heterocycles. The summed E-state index contributed by atoms with van der Waals surface area (Å²) in [5, 5.41) is 13.6. The van der Waals surface area contributed by atoms with Crippen LogP contribution in [0.4, 0.5) is 5.95 Å². The Morgan fingerprint density at radius 2 is 1.93 bits per heavy atom. The number of nitrogens with zero attached hydrogens (tertiary/aromatic N) is 7. The summed E-state index contributed by atoms with van der Waals surface area (Å²) in [5.41, 5.74) is 0.739. The maximum Gasteiger partial charge on any atom is 0.235 e. The standard InChI is InChI=1S/C18H25ClN8O2S/c1-11(10-28-4)27-17(14-6-7-26(3)24-14)22-23-18(27)25-30-12(2)15(29-5)16-20-8-13(19)9-21-16/h6-9,11-12,15H,10H2,1-5H3,(H,23,25). The van der Waals surface area contributed by atoms with E-state index in [4.69, 9.17) is 21.1 Å². The first-order chi connectivity index (χ1) is 14.4. The topological polar surface area (TPSA) is 105 Å². The van der Waals surface area contributed by atoms with Crippen LogP contribution in [0, 0.1) is 0 Å². The first-order valence-corrected chi connectivity index (χ1v) is 10.6. The molecule has 0 bridgehead atoms. The van der Waals surface area contributed by atoms with Gasteiger partial charge in [-0.25, -0.2) is 9.97 Å². The predicted octanol–water partition coefficient (Wildman–Crippen LogP) is 3.17. The largest absolute Gasteiger partial charge is 0.383 e. The molecule has 1 N–H and O–H groups in total. The first kappa shape index (κ1) is 22.5. The van der Waals surface area contributed by atoms with E-state index in [-0.39, 0.29) is 17.4 Å². The van der Waals surface area contributed by atoms with Gasteiger partial charge in [0.05, 0.1) is 22.9 Å². The van der Waals surface area contributed by atoms with E-state index in [2.05, 4.69) is 30.0 Å². The Labute approximate surface area is 184 Å². The van der Waals surface area contributed by atoms with Gasteiger partial charge in [0.1, 0.15) is 11.8 Å². The third-order valence-corrected chi connectivity index (χ3v) is 5.51. The second kappa shape index (κ2) is 10.2. The summed E-state index contributed by atoms with van der Waals surface area (Å²) in [4.78, 5) is 8.54. The number of aryl methyl sites for hydroxylation is 1. The fourth-order valence-electron chi connectivity index (χ4n) is 2.99. The highest BCUT2D eigenvalue weighted by Crippen LogP contribution is 2.30. The molecule has 0 radical (unpaired) electrons. The van der Waals surface area contributed by atoms with E-state index in [1.54, 1.807) is 31.3 Å². The van der Waals surface area contributed by atoms with Gasteiger partial charge in [-0.05, 0) is 31.9 Å². The number of halogens is 1. The van der Waals surface area contributed by atoms with E-state index in [0.29, 0.717) is 29.2 Å². The Hall–Kier alpha value is -2.21. The van der Waals surface area contributed by atoms with Crippen molar-refractivity contribution in [1.29, 1.82) is 0 Å². The number of rotatable bonds is 10. The molecule has 0 saturated carbocycles. The van der Waals surface area contributed by atoms with Gasteiger partial charge in [-0.2, -0.15) is 5.10 Å². The third kappa shape index (κ3) is 5.09. The van der Waals surface area contributed by atoms with E-state index in [1.807, 2.05) is 37.7 Å². The smallest absolute Gasteiger partial charge is 0.235 e. The van der Waals surface area contributed by atoms with Crippen LogP contribution >= 0.6 is 23.5 Å². The monoisotopic (exact) mass is 452 g/mol. The van der Waals surface area contributed by atoms with Crippen LogP contribution in [0.3, 0.4) is 0 Å². The summed E-state index contributed by atoms with van der Waals surface area (Å²) in [6.07, 6.45) is 4.66. The molecular formula is C18H25ClN8O2S. The molecule has 0 aromatic carbocycles. The van der Waals surface area contributed by atoms with Crippen LogP contribution in [-0.4, -0.2) is 60.6 Å². The van der Waals surface area contributed by atoms with Crippen molar-refractivity contribution in [3.05, 3.63) is 35.5 Å². The Bertz CT molecular complexity index is 948. The molecule has 162 valence electrons. The molecule has 0 fully saturated rings. The summed E-state index contributed by atoms with van der Waals surface area (Å²) >= 11 is 7.34. The lowest BCUT2D eigenvalue weighted by molar-refractivity contribution is 0.0972. The van der Waals surface area contributed by atoms with Crippen LogP contribution in [0.1, 0.15) is 31.8 Å². The van der Waals surface area contributed by atoms with Crippen LogP contribution in [-0.2, 0) is 16.5 Å². The lowest BCUT2D eigenvalue weighted by atomic mass is 10.2. The lowest BCUT2D eigenvalue weighted by Crippen LogP contribution is -2.20. The van der Waals surface area contributed by atoms with Gasteiger partial charge >= 0.3 is 0 Å². The SMILES string of the molecule is COCC(C)n1c(NSC(C)C(OC)c2ncc(Cl)cn2)nnc1-c1ccn(C)n1. The maximum absolute atomic E-state index is 5.89. The second-order valence-electron chi connectivity index (χ2n) is 6.74. The molecule has 0 saturated heterocycles. The Morgan fingerprint density at radius 3 is 2.53 bits per heavy atom. The molecule has 0 amide bonds. The summed E-state index contributed by atoms with van der Waals surface area (Å²) in [6.45, 7) is 4.56. The minimum atomic E-state index is -0.331. The average Bonchev–Trinajstić information content (AvgIpc) is 3.34. The van der Waals surface area contributed by atoms with Crippen molar-refractivity contribution in [3.8, 4) is 11.5 Å². The number of hydrogen-bond acceptors (Lipinski definition) is 9. The highest BCUT2D eigenvalue weighted by atomic mass is 35.5. The Morgan fingerprint density at radius 1 is 1.20 bits per heavy atom. The molecule has 12 heteroatoms. The zero-order chi connectivity index (χ0) is 21.7. The van der Waals surface area contributed by atoms with E-state index >= 15 is 0 Å². The molecule has 10 nitrogen and oxygen atoms in total. The van der Waals surface area contributed by atoms with Crippen molar-refractivity contribution in [2.24, 2.45) is 7.05 Å². The highest BCUT2D eigenvalue weighted by molar-refractivity contribution is 8.01. The quantitative estimate of drug-likeness (QED) is 0.464. The molecule has 0 aliphatic carbocycles. The fraction of sp³-hybridized carbons (Fsp3) is 0.500. The van der Waals surface area contributed by atoms with Crippen molar-refractivity contribution in [1.82, 2.24) is 34.5 Å². The summed E-state index contributed by atoms with van der Waals surface area (Å²) in [5.74, 6) is 1.83. The van der Waals surface area contributed by atoms with Crippen LogP contribution in [0.2, 0.25) is 5.02 Å². The number of anilines is 1. The van der Waals surface area contributed by atoms with Crippen LogP contribution < -0.4 is 4.72 Å². The van der Waals surface area contributed by atoms with Gasteiger partial charge in [0.15, 0.2) is 11.6 Å². The van der Waals surface area contributed by atoms with E-state index in [0.717, 1.165) is 5.69 Å². The molecule has 0 spiro atoms. The van der Waals surface area contributed by atoms with E-state index in [9.17, 15) is 0 Å². The molecule has 0 aliphatic rings. The van der Waals surface area contributed by atoms with Crippen molar-refractivity contribution in [2.45, 2.75) is 31.2 Å². The highest BCUT2D eigenvalue weighted by Gasteiger charge is 2.25. The number of aromatic nitrogens is 7. The molecule has 30 heavy (non-hydrogen) atoms. The van der Waals surface area contributed by atoms with Crippen molar-refractivity contribution >= 4 is 29.5 Å². The normalized spacial score (nSPS) is 14.5. The first-order valence-electron chi connectivity index (χ1n) is 9.30. The maximum atomic E-state index is 5.89. The molecule has 3 atom stereocenters. The number of nitrogens with one attached hydrogen (secondary N) is 1. The van der Waals surface area contributed by atoms with Crippen molar-refractivity contribution in [2.75, 3.05) is 25.5 Å². The molecule has 3 rings (SSSR count). The van der Waals surface area contributed by atoms with Gasteiger partial charge in [-0.15, -0.1) is 10.2 Å². The van der Waals surface area contributed by atoms with Crippen LogP contribution in [0.5, 0.6) is 0 Å². The van der Waals surface area contributed by atoms with Crippen LogP contribution in [0.25, 0.3) is 11.5 Å². The second-order valence-corrected chi connectivity index (χ2v) is 8.36. The zero-order valence-electron chi connectivity index (χ0n) is 17.5. The predicted molar refractivity (Wildman–Crippen MR) is 116 cm³/mol. The number of ether oxygens (including phenoxy) is 2. The Balaban J connectivity index is 1.80. The van der Waals surface area contributed by atoms with Gasteiger partial charge < -0.3 is 9.47 Å². The van der Waals surface area contributed by atoms with E-state index in [1.165, 1.54) is 11.9 Å². The lowest BCUT2D eigenvalue weighted by Gasteiger charge is -2.22. The van der Waals surface area contributed by atoms with Crippen molar-refractivity contribution in [3.63, 3.8) is 0 Å². The average molecular weight is 453 g/mol. The number of hydrogen-bond donors (Lipinski definition) is 1. The summed E-state index contributed by atoms with van der Waals surface area (Å²) < 4.78 is 18.0. The van der Waals surface area contributed by atoms with Gasteiger partial charge in [-0.3, -0.25) is 14.0 Å². The summed E-state index contributed by atoms with van der Waals surface area (Å²) in [6, 6.07) is 1.90. The Kier molecular flexibility index (Phi) is 7.64. The molecule has 0 aliphatic heterocycles. The van der Waals surface area contributed by atoms with Gasteiger partial charge in [0, 0.05) is 39.9 Å². The summed E-state index contributed by atoms with van der Waals surface area (Å²) in [7, 11) is 5.16. The molecule has 3 aromatic rings. The van der Waals surface area contributed by atoms with Crippen LogP contribution in [0.15, 0.2) is 24.7 Å². The van der Waals surface area contributed by atoms with Gasteiger partial charge in [0.25, 0.3) is 0 Å². The minimum absolute atomic E-state index is 0.00164. The van der Waals surface area contributed by atoms with E-state index < -0.39 is 0 Å². The number of methoxy groups -OCH3 is 2.